The Balaban J connectivity index is 2.39. The predicted molar refractivity (Wildman–Crippen MR) is 65.1 cm³/mol. The second-order valence-electron chi connectivity index (χ2n) is 3.62. The van der Waals surface area contributed by atoms with Crippen LogP contribution in [0.2, 0.25) is 5.02 Å². The zero-order chi connectivity index (χ0) is 12.4. The molecule has 0 amide bonds. The van der Waals surface area contributed by atoms with Crippen molar-refractivity contribution in [3.63, 3.8) is 0 Å². The van der Waals surface area contributed by atoms with E-state index < -0.39 is 18.6 Å². The summed E-state index contributed by atoms with van der Waals surface area (Å²) < 4.78 is 26.4. The Hall–Kier alpha value is -1.39. The second kappa shape index (κ2) is 4.86. The molecule has 0 heterocycles. The second-order valence-corrected chi connectivity index (χ2v) is 4.06. The summed E-state index contributed by atoms with van der Waals surface area (Å²) in [4.78, 5) is 0. The molecule has 0 saturated heterocycles. The molecule has 17 heavy (non-hydrogen) atoms. The summed E-state index contributed by atoms with van der Waals surface area (Å²) in [6.45, 7) is -1.21. The molecule has 0 fully saturated rings. The molecule has 2 aromatic carbocycles. The van der Waals surface area contributed by atoms with Crippen LogP contribution in [0.3, 0.4) is 0 Å². The monoisotopic (exact) mass is 252 g/mol. The van der Waals surface area contributed by atoms with Crippen LogP contribution in [0, 0.1) is 11.6 Å². The van der Waals surface area contributed by atoms with Gasteiger partial charge in [-0.15, -0.1) is 0 Å². The fourth-order valence-corrected chi connectivity index (χ4v) is 1.67. The van der Waals surface area contributed by atoms with Crippen LogP contribution in [0.1, 0.15) is 0 Å². The number of rotatable bonds is 2. The topological polar surface area (TPSA) is 20.2 Å². The molecule has 0 aromatic heterocycles. The van der Waals surface area contributed by atoms with Crippen LogP contribution in [0.25, 0.3) is 0 Å². The third-order valence-corrected chi connectivity index (χ3v) is 2.69. The Kier molecular flexibility index (Phi) is 3.45. The summed E-state index contributed by atoms with van der Waals surface area (Å²) in [6.07, 6.45) is 0. The van der Waals surface area contributed by atoms with Crippen molar-refractivity contribution in [2.75, 3.05) is 0 Å². The van der Waals surface area contributed by atoms with Crippen LogP contribution >= 0.6 is 11.6 Å². The summed E-state index contributed by atoms with van der Waals surface area (Å²) in [5, 5.41) is 10.5. The van der Waals surface area contributed by atoms with E-state index in [1.807, 2.05) is 0 Å². The van der Waals surface area contributed by atoms with Crippen molar-refractivity contribution in [1.29, 1.82) is 0 Å². The molecule has 0 bridgehead atoms. The van der Waals surface area contributed by atoms with Gasteiger partial charge in [-0.2, -0.15) is 0 Å². The summed E-state index contributed by atoms with van der Waals surface area (Å²) in [6, 6.07) is 9.27. The highest BCUT2D eigenvalue weighted by Crippen LogP contribution is 2.05. The van der Waals surface area contributed by atoms with E-state index in [-0.39, 0.29) is 5.46 Å². The third kappa shape index (κ3) is 2.65. The lowest BCUT2D eigenvalue weighted by atomic mass is 9.56. The Bertz CT molecular complexity index is 531. The van der Waals surface area contributed by atoms with Gasteiger partial charge in [0.2, 0.25) is 0 Å². The molecule has 1 nitrogen and oxygen atoms in total. The van der Waals surface area contributed by atoms with E-state index in [1.165, 1.54) is 0 Å². The van der Waals surface area contributed by atoms with E-state index in [9.17, 15) is 13.8 Å². The molecule has 0 saturated carbocycles. The zero-order valence-corrected chi connectivity index (χ0v) is 9.46. The molecule has 2 rings (SSSR count). The van der Waals surface area contributed by atoms with Crippen molar-refractivity contribution >= 4 is 29.4 Å². The number of halogens is 3. The average molecular weight is 252 g/mol. The van der Waals surface area contributed by atoms with Crippen molar-refractivity contribution < 1.29 is 13.8 Å². The maximum Gasteiger partial charge on any atom is 0.362 e. The van der Waals surface area contributed by atoms with E-state index in [2.05, 4.69) is 0 Å². The molecule has 0 aliphatic heterocycles. The Labute approximate surface area is 103 Å². The summed E-state index contributed by atoms with van der Waals surface area (Å²) >= 11 is 5.70. The molecule has 0 aliphatic rings. The summed E-state index contributed by atoms with van der Waals surface area (Å²) in [5.74, 6) is -1.23. The number of hydrogen-bond acceptors (Lipinski definition) is 1. The van der Waals surface area contributed by atoms with Crippen LogP contribution < -0.4 is 10.9 Å². The van der Waals surface area contributed by atoms with Gasteiger partial charge < -0.3 is 5.02 Å². The first kappa shape index (κ1) is 12.1. The minimum absolute atomic E-state index is 0.0904. The predicted octanol–water partition coefficient (Wildman–Crippen LogP) is 1.72. The molecule has 2 aromatic rings. The Morgan fingerprint density at radius 3 is 2.29 bits per heavy atom. The normalized spacial score (nSPS) is 10.4. The van der Waals surface area contributed by atoms with Crippen molar-refractivity contribution in [2.24, 2.45) is 0 Å². The highest BCUT2D eigenvalue weighted by atomic mass is 35.5. The molecule has 0 radical (unpaired) electrons. The van der Waals surface area contributed by atoms with Crippen molar-refractivity contribution in [3.05, 3.63) is 59.1 Å². The van der Waals surface area contributed by atoms with Crippen LogP contribution in [-0.4, -0.2) is 11.9 Å². The SMILES string of the molecule is OB(c1ccc(Cl)cc1)c1cc(F)ccc1F. The van der Waals surface area contributed by atoms with Gasteiger partial charge in [-0.05, 0) is 41.3 Å². The Morgan fingerprint density at radius 1 is 1.00 bits per heavy atom. The minimum atomic E-state index is -1.21. The smallest absolute Gasteiger partial charge is 0.362 e. The molecular weight excluding hydrogens is 244 g/mol. The van der Waals surface area contributed by atoms with Crippen molar-refractivity contribution in [1.82, 2.24) is 0 Å². The van der Waals surface area contributed by atoms with Crippen LogP contribution in [0.5, 0.6) is 0 Å². The van der Waals surface area contributed by atoms with Gasteiger partial charge in [-0.25, -0.2) is 8.78 Å². The number of benzene rings is 2. The van der Waals surface area contributed by atoms with E-state index in [0.29, 0.717) is 10.5 Å². The average Bonchev–Trinajstić information content (AvgIpc) is 2.32. The zero-order valence-electron chi connectivity index (χ0n) is 8.70. The lowest BCUT2D eigenvalue weighted by Crippen LogP contribution is -2.44. The lowest BCUT2D eigenvalue weighted by Gasteiger charge is -2.08. The van der Waals surface area contributed by atoms with Gasteiger partial charge in [-0.1, -0.05) is 23.7 Å². The first-order valence-electron chi connectivity index (χ1n) is 4.96. The summed E-state index contributed by atoms with van der Waals surface area (Å²) in [7, 11) is 0. The Morgan fingerprint density at radius 2 is 1.65 bits per heavy atom. The fraction of sp³-hybridized carbons (Fsp3) is 0. The molecule has 0 spiro atoms. The standard InChI is InChI=1S/C12H8BClF2O/c14-9-3-1-8(2-4-9)13(17)11-7-10(15)5-6-12(11)16/h1-7,17H. The molecule has 5 heteroatoms. The van der Waals surface area contributed by atoms with E-state index in [1.54, 1.807) is 24.3 Å². The van der Waals surface area contributed by atoms with Crippen molar-refractivity contribution in [2.45, 2.75) is 0 Å². The maximum absolute atomic E-state index is 13.4. The molecule has 0 atom stereocenters. The van der Waals surface area contributed by atoms with Gasteiger partial charge in [0, 0.05) is 5.02 Å². The maximum atomic E-state index is 13.4. The van der Waals surface area contributed by atoms with Gasteiger partial charge in [0.25, 0.3) is 0 Å². The van der Waals surface area contributed by atoms with Gasteiger partial charge >= 0.3 is 6.92 Å². The van der Waals surface area contributed by atoms with E-state index >= 15 is 0 Å². The molecule has 0 unspecified atom stereocenters. The lowest BCUT2D eigenvalue weighted by molar-refractivity contribution is 0.582. The number of hydrogen-bond donors (Lipinski definition) is 1. The minimum Gasteiger partial charge on any atom is -0.443 e. The fourth-order valence-electron chi connectivity index (χ4n) is 1.55. The van der Waals surface area contributed by atoms with Gasteiger partial charge in [0.15, 0.2) is 0 Å². The van der Waals surface area contributed by atoms with E-state index in [0.717, 1.165) is 18.2 Å². The first-order chi connectivity index (χ1) is 8.08. The molecule has 0 aliphatic carbocycles. The van der Waals surface area contributed by atoms with Crippen LogP contribution in [0.15, 0.2) is 42.5 Å². The van der Waals surface area contributed by atoms with E-state index in [4.69, 9.17) is 11.6 Å². The van der Waals surface area contributed by atoms with Gasteiger partial charge in [0.1, 0.15) is 11.6 Å². The van der Waals surface area contributed by atoms with Gasteiger partial charge in [-0.3, -0.25) is 0 Å². The van der Waals surface area contributed by atoms with Crippen molar-refractivity contribution in [3.8, 4) is 0 Å². The van der Waals surface area contributed by atoms with Gasteiger partial charge in [0.05, 0.1) is 0 Å². The highest BCUT2D eigenvalue weighted by molar-refractivity contribution is 6.79. The third-order valence-electron chi connectivity index (χ3n) is 2.44. The molecule has 86 valence electrons. The molecular formula is C12H8BClF2O. The summed E-state index contributed by atoms with van der Waals surface area (Å²) in [5.41, 5.74) is 0.367. The van der Waals surface area contributed by atoms with Crippen LogP contribution in [-0.2, 0) is 0 Å². The highest BCUT2D eigenvalue weighted by Gasteiger charge is 2.21. The molecule has 1 N–H and O–H groups in total. The quantitative estimate of drug-likeness (QED) is 0.807. The largest absolute Gasteiger partial charge is 0.443 e. The first-order valence-corrected chi connectivity index (χ1v) is 5.34. The van der Waals surface area contributed by atoms with Crippen LogP contribution in [0.4, 0.5) is 8.78 Å².